The van der Waals surface area contributed by atoms with Gasteiger partial charge in [0.2, 0.25) is 11.1 Å². The molecule has 0 unspecified atom stereocenters. The standard InChI is InChI=1S/C14H20N6O2/c1-14(2,3)17-20(21)18-22-11-8-9-19(10-11)13-7-5-6-12(15-4)16-13/h5-7,11H,8-10H2,1-3H3,(H,17,18)/t11-/m1/s1. The third kappa shape index (κ3) is 4.48. The van der Waals surface area contributed by atoms with Crippen molar-refractivity contribution < 1.29 is 9.81 Å². The summed E-state index contributed by atoms with van der Waals surface area (Å²) in [5.74, 6) is 1.11. The van der Waals surface area contributed by atoms with E-state index in [0.717, 1.165) is 18.8 Å². The zero-order valence-corrected chi connectivity index (χ0v) is 13.0. The molecule has 0 amide bonds. The van der Waals surface area contributed by atoms with Gasteiger partial charge >= 0.3 is 0 Å². The van der Waals surface area contributed by atoms with E-state index >= 15 is 0 Å². The van der Waals surface area contributed by atoms with E-state index < -0.39 is 0 Å². The highest BCUT2D eigenvalue weighted by atomic mass is 16.7. The normalized spacial score (nSPS) is 18.9. The Bertz CT molecular complexity index is 590. The van der Waals surface area contributed by atoms with Gasteiger partial charge in [-0.1, -0.05) is 12.6 Å². The Morgan fingerprint density at radius 2 is 2.32 bits per heavy atom. The first kappa shape index (κ1) is 15.8. The average molecular weight is 304 g/mol. The van der Waals surface area contributed by atoms with Gasteiger partial charge in [0.15, 0.2) is 6.10 Å². The Labute approximate surface area is 129 Å². The van der Waals surface area contributed by atoms with Crippen molar-refractivity contribution in [2.24, 2.45) is 5.28 Å². The van der Waals surface area contributed by atoms with Gasteiger partial charge < -0.3 is 19.8 Å². The summed E-state index contributed by atoms with van der Waals surface area (Å²) >= 11 is 0. The van der Waals surface area contributed by atoms with Crippen molar-refractivity contribution in [3.63, 3.8) is 0 Å². The monoisotopic (exact) mass is 304 g/mol. The van der Waals surface area contributed by atoms with Crippen LogP contribution in [-0.2, 0) is 4.84 Å². The first-order chi connectivity index (χ1) is 10.4. The molecule has 0 radical (unpaired) electrons. The Morgan fingerprint density at radius 3 is 3.00 bits per heavy atom. The fourth-order valence-electron chi connectivity index (χ4n) is 2.09. The number of nitrogens with zero attached hydrogens (tertiary/aromatic N) is 5. The van der Waals surface area contributed by atoms with Crippen LogP contribution in [-0.4, -0.2) is 34.7 Å². The van der Waals surface area contributed by atoms with Gasteiger partial charge in [0.05, 0.1) is 17.1 Å². The molecule has 1 N–H and O–H groups in total. The largest absolute Gasteiger partial charge is 0.569 e. The van der Waals surface area contributed by atoms with Crippen LogP contribution in [0.4, 0.5) is 11.6 Å². The first-order valence-electron chi connectivity index (χ1n) is 7.09. The van der Waals surface area contributed by atoms with Crippen LogP contribution in [0.1, 0.15) is 27.2 Å². The second-order valence-corrected chi connectivity index (χ2v) is 6.14. The molecule has 22 heavy (non-hydrogen) atoms. The molecule has 1 aromatic heterocycles. The van der Waals surface area contributed by atoms with Crippen molar-refractivity contribution in [2.75, 3.05) is 18.0 Å². The zero-order valence-electron chi connectivity index (χ0n) is 13.0. The molecule has 8 nitrogen and oxygen atoms in total. The van der Waals surface area contributed by atoms with Crippen LogP contribution in [0, 0.1) is 11.8 Å². The fourth-order valence-corrected chi connectivity index (χ4v) is 2.09. The predicted octanol–water partition coefficient (Wildman–Crippen LogP) is 2.41. The lowest BCUT2D eigenvalue weighted by atomic mass is 10.1. The van der Waals surface area contributed by atoms with E-state index in [-0.39, 0.29) is 11.6 Å². The summed E-state index contributed by atoms with van der Waals surface area (Å²) in [6.45, 7) is 13.9. The molecule has 8 heteroatoms. The lowest BCUT2D eigenvalue weighted by Crippen LogP contribution is -2.40. The van der Waals surface area contributed by atoms with E-state index in [0.29, 0.717) is 17.3 Å². The van der Waals surface area contributed by atoms with E-state index in [4.69, 9.17) is 11.4 Å². The Kier molecular flexibility index (Phi) is 4.65. The molecule has 0 saturated carbocycles. The van der Waals surface area contributed by atoms with Crippen LogP contribution in [0.15, 0.2) is 23.5 Å². The minimum Gasteiger partial charge on any atom is -0.569 e. The third-order valence-electron chi connectivity index (χ3n) is 3.00. The van der Waals surface area contributed by atoms with Crippen molar-refractivity contribution in [1.82, 2.24) is 10.4 Å². The molecule has 2 heterocycles. The van der Waals surface area contributed by atoms with Crippen LogP contribution in [0.25, 0.3) is 4.85 Å². The highest BCUT2D eigenvalue weighted by Crippen LogP contribution is 2.22. The highest BCUT2D eigenvalue weighted by Gasteiger charge is 2.27. The summed E-state index contributed by atoms with van der Waals surface area (Å²) in [5.41, 5.74) is 2.25. The SMILES string of the molecule is [C-]#[N+]c1cccc(N2CC[C@@H](O/N=[N+](\[O-])NC(C)(C)C)C2)n1. The number of nitrogens with one attached hydrogen (secondary N) is 1. The van der Waals surface area contributed by atoms with Gasteiger partial charge in [-0.3, -0.25) is 0 Å². The predicted molar refractivity (Wildman–Crippen MR) is 81.1 cm³/mol. The minimum atomic E-state index is -0.375. The summed E-state index contributed by atoms with van der Waals surface area (Å²) in [6, 6.07) is 5.33. The van der Waals surface area contributed by atoms with Crippen molar-refractivity contribution >= 4 is 11.6 Å². The summed E-state index contributed by atoms with van der Waals surface area (Å²) in [5, 5.41) is 15.0. The van der Waals surface area contributed by atoms with Gasteiger partial charge in [-0.2, -0.15) is 5.43 Å². The van der Waals surface area contributed by atoms with E-state index in [2.05, 4.69) is 20.5 Å². The van der Waals surface area contributed by atoms with Gasteiger partial charge in [0.1, 0.15) is 0 Å². The number of anilines is 1. The average Bonchev–Trinajstić information content (AvgIpc) is 2.92. The molecule has 0 aliphatic carbocycles. The Hall–Kier alpha value is -2.56. The summed E-state index contributed by atoms with van der Waals surface area (Å²) < 4.78 is 0. The molecule has 1 aliphatic rings. The number of hydrogen-bond donors (Lipinski definition) is 1. The van der Waals surface area contributed by atoms with Crippen molar-refractivity contribution in [2.45, 2.75) is 38.8 Å². The molecule has 1 fully saturated rings. The van der Waals surface area contributed by atoms with Crippen molar-refractivity contribution in [1.29, 1.82) is 0 Å². The Balaban J connectivity index is 1.90. The number of pyridine rings is 1. The Morgan fingerprint density at radius 1 is 1.55 bits per heavy atom. The second kappa shape index (κ2) is 6.47. The fraction of sp³-hybridized carbons (Fsp3) is 0.571. The second-order valence-electron chi connectivity index (χ2n) is 6.14. The summed E-state index contributed by atoms with van der Waals surface area (Å²) in [4.78, 5) is 15.2. The quantitative estimate of drug-likeness (QED) is 0.400. The highest BCUT2D eigenvalue weighted by molar-refractivity contribution is 5.48. The van der Waals surface area contributed by atoms with Gasteiger partial charge in [-0.25, -0.2) is 0 Å². The van der Waals surface area contributed by atoms with Gasteiger partial charge in [-0.15, -0.1) is 4.98 Å². The molecule has 1 saturated heterocycles. The number of hydrazine groups is 1. The number of rotatable bonds is 4. The van der Waals surface area contributed by atoms with Gasteiger partial charge in [0, 0.05) is 19.0 Å². The maximum atomic E-state index is 11.5. The molecule has 1 aromatic rings. The maximum absolute atomic E-state index is 11.5. The molecule has 0 aromatic carbocycles. The van der Waals surface area contributed by atoms with E-state index in [1.165, 1.54) is 0 Å². The molecule has 1 aliphatic heterocycles. The van der Waals surface area contributed by atoms with E-state index in [9.17, 15) is 5.21 Å². The van der Waals surface area contributed by atoms with E-state index in [1.807, 2.05) is 31.7 Å². The third-order valence-corrected chi connectivity index (χ3v) is 3.00. The molecule has 2 rings (SSSR count). The van der Waals surface area contributed by atoms with Crippen LogP contribution >= 0.6 is 0 Å². The van der Waals surface area contributed by atoms with Gasteiger partial charge in [-0.05, 0) is 26.8 Å². The zero-order chi connectivity index (χ0) is 16.2. The molecule has 1 atom stereocenters. The summed E-state index contributed by atoms with van der Waals surface area (Å²) in [6.07, 6.45) is 0.577. The van der Waals surface area contributed by atoms with Crippen molar-refractivity contribution in [3.05, 3.63) is 34.8 Å². The van der Waals surface area contributed by atoms with Gasteiger partial charge in [0.25, 0.3) is 5.82 Å². The number of aromatic nitrogens is 1. The number of hydrogen-bond acceptors (Lipinski definition) is 5. The van der Waals surface area contributed by atoms with Crippen molar-refractivity contribution in [3.8, 4) is 0 Å². The first-order valence-corrected chi connectivity index (χ1v) is 7.09. The molecule has 0 bridgehead atoms. The van der Waals surface area contributed by atoms with Crippen LogP contribution in [0.2, 0.25) is 0 Å². The van der Waals surface area contributed by atoms with Crippen LogP contribution in [0.5, 0.6) is 0 Å². The topological polar surface area (TPSA) is 80.2 Å². The molecular formula is C14H20N6O2. The molecule has 0 spiro atoms. The maximum Gasteiger partial charge on any atom is 0.271 e. The van der Waals surface area contributed by atoms with Crippen LogP contribution < -0.4 is 10.3 Å². The summed E-state index contributed by atoms with van der Waals surface area (Å²) in [7, 11) is 0. The van der Waals surface area contributed by atoms with E-state index in [1.54, 1.807) is 12.1 Å². The smallest absolute Gasteiger partial charge is 0.271 e. The van der Waals surface area contributed by atoms with Crippen LogP contribution in [0.3, 0.4) is 0 Å². The lowest BCUT2D eigenvalue weighted by molar-refractivity contribution is -0.626. The molecular weight excluding hydrogens is 284 g/mol. The molecule has 118 valence electrons. The lowest BCUT2D eigenvalue weighted by Gasteiger charge is -2.16. The minimum absolute atomic E-state index is 0.170.